The van der Waals surface area contributed by atoms with Crippen molar-refractivity contribution in [2.24, 2.45) is 5.73 Å². The van der Waals surface area contributed by atoms with Crippen LogP contribution in [0.5, 0.6) is 0 Å². The number of benzene rings is 1. The first-order valence-corrected chi connectivity index (χ1v) is 11.4. The van der Waals surface area contributed by atoms with Crippen LogP contribution in [-0.2, 0) is 0 Å². The molecule has 1 aromatic heterocycles. The monoisotopic (exact) mass is 453 g/mol. The molecule has 33 heavy (non-hydrogen) atoms. The Kier molecular flexibility index (Phi) is 6.57. The van der Waals surface area contributed by atoms with Crippen molar-refractivity contribution in [1.82, 2.24) is 9.80 Å². The van der Waals surface area contributed by atoms with Gasteiger partial charge in [0.25, 0.3) is 5.91 Å². The fourth-order valence-electron chi connectivity index (χ4n) is 4.52. The first kappa shape index (κ1) is 22.7. The summed E-state index contributed by atoms with van der Waals surface area (Å²) in [4.78, 5) is 43.2. The zero-order chi connectivity index (χ0) is 23.5. The predicted molar refractivity (Wildman–Crippen MR) is 126 cm³/mol. The van der Waals surface area contributed by atoms with E-state index in [2.05, 4.69) is 10.2 Å². The van der Waals surface area contributed by atoms with E-state index in [1.54, 1.807) is 34.9 Å². The second kappa shape index (κ2) is 9.56. The number of urea groups is 1. The third-order valence-electron chi connectivity index (χ3n) is 6.34. The lowest BCUT2D eigenvalue weighted by Gasteiger charge is -2.35. The Labute approximate surface area is 193 Å². The van der Waals surface area contributed by atoms with Gasteiger partial charge in [-0.05, 0) is 57.4 Å². The number of furan rings is 1. The first-order chi connectivity index (χ1) is 15.8. The molecular weight excluding hydrogens is 422 g/mol. The highest BCUT2D eigenvalue weighted by Gasteiger charge is 2.27. The van der Waals surface area contributed by atoms with E-state index in [-0.39, 0.29) is 11.9 Å². The van der Waals surface area contributed by atoms with Crippen LogP contribution < -0.4 is 16.0 Å². The van der Waals surface area contributed by atoms with Crippen LogP contribution in [0.25, 0.3) is 0 Å². The number of nitrogens with two attached hydrogens (primary N) is 1. The van der Waals surface area contributed by atoms with Crippen LogP contribution in [0.3, 0.4) is 0 Å². The highest BCUT2D eigenvalue weighted by molar-refractivity contribution is 5.99. The van der Waals surface area contributed by atoms with E-state index in [9.17, 15) is 14.4 Å². The molecule has 4 amide bonds. The molecule has 3 N–H and O–H groups in total. The number of carbonyl (C=O) groups excluding carboxylic acids is 3. The molecule has 9 nitrogen and oxygen atoms in total. The number of hydrogen-bond donors (Lipinski definition) is 2. The first-order valence-electron chi connectivity index (χ1n) is 11.4. The minimum absolute atomic E-state index is 0.0778. The number of aryl methyl sites for hydroxylation is 2. The third-order valence-corrected chi connectivity index (χ3v) is 6.34. The van der Waals surface area contributed by atoms with E-state index in [0.717, 1.165) is 31.6 Å². The molecular formula is C24H31N5O4. The number of piperidine rings is 1. The van der Waals surface area contributed by atoms with Crippen LogP contribution >= 0.6 is 0 Å². The number of nitrogens with one attached hydrogen (secondary N) is 1. The van der Waals surface area contributed by atoms with Crippen LogP contribution in [0, 0.1) is 13.8 Å². The van der Waals surface area contributed by atoms with E-state index < -0.39 is 5.91 Å². The third kappa shape index (κ3) is 4.97. The molecule has 0 bridgehead atoms. The van der Waals surface area contributed by atoms with Gasteiger partial charge in [-0.2, -0.15) is 0 Å². The summed E-state index contributed by atoms with van der Waals surface area (Å²) < 4.78 is 5.48. The Morgan fingerprint density at radius 2 is 1.58 bits per heavy atom. The molecule has 4 rings (SSSR count). The molecule has 176 valence electrons. The summed E-state index contributed by atoms with van der Waals surface area (Å²) in [5.41, 5.74) is 7.87. The van der Waals surface area contributed by atoms with E-state index in [0.29, 0.717) is 54.5 Å². The zero-order valence-corrected chi connectivity index (χ0v) is 19.2. The Morgan fingerprint density at radius 1 is 0.909 bits per heavy atom. The van der Waals surface area contributed by atoms with Gasteiger partial charge in [-0.25, -0.2) is 4.79 Å². The molecule has 0 unspecified atom stereocenters. The summed E-state index contributed by atoms with van der Waals surface area (Å²) >= 11 is 0. The number of hydrogen-bond acceptors (Lipinski definition) is 5. The second-order valence-electron chi connectivity index (χ2n) is 8.68. The van der Waals surface area contributed by atoms with Crippen LogP contribution in [0.4, 0.5) is 16.2 Å². The van der Waals surface area contributed by atoms with Gasteiger partial charge in [0.15, 0.2) is 0 Å². The quantitative estimate of drug-likeness (QED) is 0.739. The number of nitrogens with zero attached hydrogens (tertiary/aromatic N) is 3. The number of rotatable bonds is 4. The molecule has 0 saturated carbocycles. The Morgan fingerprint density at radius 3 is 2.18 bits per heavy atom. The van der Waals surface area contributed by atoms with Crippen molar-refractivity contribution >= 4 is 29.2 Å². The van der Waals surface area contributed by atoms with Gasteiger partial charge in [-0.3, -0.25) is 9.59 Å². The van der Waals surface area contributed by atoms with Gasteiger partial charge in [0.1, 0.15) is 11.5 Å². The van der Waals surface area contributed by atoms with Gasteiger partial charge in [0.05, 0.1) is 16.9 Å². The predicted octanol–water partition coefficient (Wildman–Crippen LogP) is 2.98. The van der Waals surface area contributed by atoms with Crippen molar-refractivity contribution in [1.29, 1.82) is 0 Å². The maximum atomic E-state index is 13.0. The largest absolute Gasteiger partial charge is 0.466 e. The molecule has 2 aromatic rings. The summed E-state index contributed by atoms with van der Waals surface area (Å²) in [6.07, 6.45) is 3.38. The van der Waals surface area contributed by atoms with E-state index in [4.69, 9.17) is 10.2 Å². The van der Waals surface area contributed by atoms with Crippen LogP contribution in [0.15, 0.2) is 28.7 Å². The minimum Gasteiger partial charge on any atom is -0.466 e. The highest BCUT2D eigenvalue weighted by Crippen LogP contribution is 2.30. The molecule has 1 aromatic carbocycles. The maximum Gasteiger partial charge on any atom is 0.322 e. The fraction of sp³-hybridized carbons (Fsp3) is 0.458. The molecule has 3 heterocycles. The zero-order valence-electron chi connectivity index (χ0n) is 19.2. The average Bonchev–Trinajstić information content (AvgIpc) is 3.16. The second-order valence-corrected chi connectivity index (χ2v) is 8.68. The van der Waals surface area contributed by atoms with Crippen LogP contribution in [0.1, 0.15) is 51.5 Å². The number of anilines is 2. The van der Waals surface area contributed by atoms with Crippen LogP contribution in [-0.4, -0.2) is 66.9 Å². The lowest BCUT2D eigenvalue weighted by Crippen LogP contribution is -2.51. The molecule has 0 aliphatic carbocycles. The highest BCUT2D eigenvalue weighted by atomic mass is 16.3. The molecule has 0 radical (unpaired) electrons. The van der Waals surface area contributed by atoms with E-state index in [1.807, 2.05) is 13.0 Å². The number of carbonyl (C=O) groups is 3. The molecule has 9 heteroatoms. The summed E-state index contributed by atoms with van der Waals surface area (Å²) in [6.45, 7) is 7.14. The smallest absolute Gasteiger partial charge is 0.322 e. The van der Waals surface area contributed by atoms with Crippen molar-refractivity contribution in [3.8, 4) is 0 Å². The SMILES string of the molecule is Cc1cc(C(=O)N2CCN(C(=O)Nc3cc(C(N)=O)ccc3N3CCCCC3)CC2)c(C)o1. The van der Waals surface area contributed by atoms with Gasteiger partial charge >= 0.3 is 6.03 Å². The van der Waals surface area contributed by atoms with Crippen molar-refractivity contribution in [3.05, 3.63) is 46.9 Å². The Hall–Kier alpha value is -3.49. The Balaban J connectivity index is 1.43. The molecule has 2 saturated heterocycles. The van der Waals surface area contributed by atoms with Gasteiger partial charge in [-0.1, -0.05) is 0 Å². The van der Waals surface area contributed by atoms with Gasteiger partial charge in [-0.15, -0.1) is 0 Å². The normalized spacial score (nSPS) is 16.6. The summed E-state index contributed by atoms with van der Waals surface area (Å²) in [5.74, 6) is 0.701. The van der Waals surface area contributed by atoms with Crippen molar-refractivity contribution < 1.29 is 18.8 Å². The molecule has 2 aliphatic heterocycles. The van der Waals surface area contributed by atoms with Crippen molar-refractivity contribution in [2.45, 2.75) is 33.1 Å². The molecule has 0 spiro atoms. The van der Waals surface area contributed by atoms with Crippen molar-refractivity contribution in [3.63, 3.8) is 0 Å². The number of amides is 4. The van der Waals surface area contributed by atoms with E-state index >= 15 is 0 Å². The average molecular weight is 454 g/mol. The summed E-state index contributed by atoms with van der Waals surface area (Å²) in [7, 11) is 0. The van der Waals surface area contributed by atoms with Crippen molar-refractivity contribution in [2.75, 3.05) is 49.5 Å². The summed E-state index contributed by atoms with van der Waals surface area (Å²) in [6, 6.07) is 6.70. The molecule has 2 fully saturated rings. The Bertz CT molecular complexity index is 1050. The van der Waals surface area contributed by atoms with Gasteiger partial charge < -0.3 is 30.2 Å². The minimum atomic E-state index is -0.535. The van der Waals surface area contributed by atoms with E-state index in [1.165, 1.54) is 6.42 Å². The number of piperazine rings is 1. The van der Waals surface area contributed by atoms with Gasteiger partial charge in [0.2, 0.25) is 5.91 Å². The molecule has 2 aliphatic rings. The molecule has 0 atom stereocenters. The topological polar surface area (TPSA) is 112 Å². The lowest BCUT2D eigenvalue weighted by atomic mass is 10.1. The lowest BCUT2D eigenvalue weighted by molar-refractivity contribution is 0.0670. The fourth-order valence-corrected chi connectivity index (χ4v) is 4.52. The number of primary amides is 1. The summed E-state index contributed by atoms with van der Waals surface area (Å²) in [5, 5.41) is 2.98. The van der Waals surface area contributed by atoms with Gasteiger partial charge in [0, 0.05) is 44.8 Å². The maximum absolute atomic E-state index is 13.0. The standard InChI is InChI=1S/C24H31N5O4/c1-16-14-19(17(2)33-16)23(31)28-10-12-29(13-11-28)24(32)26-20-15-18(22(25)30)6-7-21(20)27-8-4-3-5-9-27/h6-7,14-15H,3-5,8-13H2,1-2H3,(H2,25,30)(H,26,32). The van der Waals surface area contributed by atoms with Crippen LogP contribution in [0.2, 0.25) is 0 Å².